The highest BCUT2D eigenvalue weighted by Gasteiger charge is 2.15. The predicted molar refractivity (Wildman–Crippen MR) is 90.2 cm³/mol. The van der Waals surface area contributed by atoms with Gasteiger partial charge in [-0.05, 0) is 18.4 Å². The van der Waals surface area contributed by atoms with E-state index in [4.69, 9.17) is 0 Å². The molecule has 0 saturated carbocycles. The van der Waals surface area contributed by atoms with E-state index >= 15 is 0 Å². The van der Waals surface area contributed by atoms with Gasteiger partial charge < -0.3 is 5.32 Å². The largest absolute Gasteiger partial charge is 0.352 e. The van der Waals surface area contributed by atoms with Crippen molar-refractivity contribution in [2.24, 2.45) is 5.92 Å². The van der Waals surface area contributed by atoms with E-state index in [0.29, 0.717) is 23.7 Å². The molecular weight excluding hydrogens is 288 g/mol. The van der Waals surface area contributed by atoms with Crippen molar-refractivity contribution in [2.75, 3.05) is 6.54 Å². The summed E-state index contributed by atoms with van der Waals surface area (Å²) in [5.74, 6) is 0.431. The van der Waals surface area contributed by atoms with E-state index in [0.717, 1.165) is 17.7 Å². The molecule has 0 aliphatic carbocycles. The van der Waals surface area contributed by atoms with Crippen molar-refractivity contribution >= 4 is 11.6 Å². The van der Waals surface area contributed by atoms with Gasteiger partial charge in [0, 0.05) is 18.3 Å². The van der Waals surface area contributed by atoms with Crippen LogP contribution in [0.25, 0.3) is 16.9 Å². The zero-order chi connectivity index (χ0) is 16.2. The molecule has 118 valence electrons. The monoisotopic (exact) mass is 308 g/mol. The Hall–Kier alpha value is -2.69. The van der Waals surface area contributed by atoms with Crippen molar-refractivity contribution in [2.45, 2.75) is 20.3 Å². The van der Waals surface area contributed by atoms with Gasteiger partial charge in [-0.3, -0.25) is 4.79 Å². The predicted octanol–water partition coefficient (Wildman–Crippen LogP) is 3.17. The molecule has 5 nitrogen and oxygen atoms in total. The van der Waals surface area contributed by atoms with Gasteiger partial charge in [-0.2, -0.15) is 5.10 Å². The van der Waals surface area contributed by atoms with Gasteiger partial charge in [-0.15, -0.1) is 0 Å². The maximum atomic E-state index is 12.3. The van der Waals surface area contributed by atoms with E-state index in [1.807, 2.05) is 36.4 Å². The fourth-order valence-electron chi connectivity index (χ4n) is 2.45. The summed E-state index contributed by atoms with van der Waals surface area (Å²) in [6.45, 7) is 4.93. The molecule has 0 fully saturated rings. The molecule has 0 aliphatic rings. The summed E-state index contributed by atoms with van der Waals surface area (Å²) < 4.78 is 1.71. The van der Waals surface area contributed by atoms with Gasteiger partial charge in [-0.1, -0.05) is 44.2 Å². The normalized spacial score (nSPS) is 11.1. The van der Waals surface area contributed by atoms with Crippen LogP contribution < -0.4 is 5.32 Å². The number of benzene rings is 1. The number of hydrogen-bond acceptors (Lipinski definition) is 3. The minimum Gasteiger partial charge on any atom is -0.352 e. The van der Waals surface area contributed by atoms with Crippen molar-refractivity contribution in [3.8, 4) is 11.3 Å². The Morgan fingerprint density at radius 3 is 2.74 bits per heavy atom. The molecule has 1 amide bonds. The van der Waals surface area contributed by atoms with Crippen LogP contribution in [-0.2, 0) is 0 Å². The van der Waals surface area contributed by atoms with Crippen molar-refractivity contribution in [1.82, 2.24) is 19.9 Å². The molecule has 1 N–H and O–H groups in total. The van der Waals surface area contributed by atoms with Crippen LogP contribution in [-0.4, -0.2) is 27.0 Å². The fourth-order valence-corrected chi connectivity index (χ4v) is 2.45. The Morgan fingerprint density at radius 1 is 1.22 bits per heavy atom. The smallest absolute Gasteiger partial charge is 0.256 e. The summed E-state index contributed by atoms with van der Waals surface area (Å²) in [4.78, 5) is 16.7. The van der Waals surface area contributed by atoms with Gasteiger partial charge in [-0.25, -0.2) is 9.50 Å². The van der Waals surface area contributed by atoms with Gasteiger partial charge in [0.15, 0.2) is 5.65 Å². The molecule has 0 atom stereocenters. The molecule has 2 heterocycles. The summed E-state index contributed by atoms with van der Waals surface area (Å²) in [5, 5.41) is 7.29. The lowest BCUT2D eigenvalue weighted by molar-refractivity contribution is 0.0953. The highest BCUT2D eigenvalue weighted by atomic mass is 16.1. The lowest BCUT2D eigenvalue weighted by Crippen LogP contribution is -2.25. The second-order valence-corrected chi connectivity index (χ2v) is 5.93. The maximum absolute atomic E-state index is 12.3. The Bertz CT molecular complexity index is 808. The topological polar surface area (TPSA) is 59.3 Å². The Balaban J connectivity index is 1.91. The van der Waals surface area contributed by atoms with E-state index in [-0.39, 0.29) is 5.91 Å². The summed E-state index contributed by atoms with van der Waals surface area (Å²) >= 11 is 0. The molecule has 0 spiro atoms. The quantitative estimate of drug-likeness (QED) is 0.787. The summed E-state index contributed by atoms with van der Waals surface area (Å²) in [5.41, 5.74) is 3.03. The molecule has 0 bridgehead atoms. The Kier molecular flexibility index (Phi) is 4.37. The zero-order valence-corrected chi connectivity index (χ0v) is 13.4. The number of amides is 1. The number of rotatable bonds is 5. The lowest BCUT2D eigenvalue weighted by atomic mass is 10.1. The number of hydrogen-bond donors (Lipinski definition) is 1. The third-order valence-corrected chi connectivity index (χ3v) is 3.72. The zero-order valence-electron chi connectivity index (χ0n) is 13.4. The van der Waals surface area contributed by atoms with Gasteiger partial charge in [0.25, 0.3) is 5.91 Å². The molecule has 3 rings (SSSR count). The average molecular weight is 308 g/mol. The molecular formula is C18H20N4O. The van der Waals surface area contributed by atoms with Crippen LogP contribution in [0.1, 0.15) is 30.6 Å². The van der Waals surface area contributed by atoms with Crippen LogP contribution in [0.2, 0.25) is 0 Å². The van der Waals surface area contributed by atoms with Gasteiger partial charge in [0.2, 0.25) is 0 Å². The third kappa shape index (κ3) is 3.23. The first kappa shape index (κ1) is 15.2. The molecule has 0 unspecified atom stereocenters. The first-order valence-corrected chi connectivity index (χ1v) is 7.83. The van der Waals surface area contributed by atoms with Crippen LogP contribution in [0.3, 0.4) is 0 Å². The highest BCUT2D eigenvalue weighted by molar-refractivity contribution is 5.99. The molecule has 23 heavy (non-hydrogen) atoms. The third-order valence-electron chi connectivity index (χ3n) is 3.72. The van der Waals surface area contributed by atoms with E-state index in [1.54, 1.807) is 16.9 Å². The highest BCUT2D eigenvalue weighted by Crippen LogP contribution is 2.20. The minimum absolute atomic E-state index is 0.127. The molecule has 3 aromatic rings. The van der Waals surface area contributed by atoms with E-state index in [2.05, 4.69) is 29.2 Å². The van der Waals surface area contributed by atoms with E-state index < -0.39 is 0 Å². The first-order chi connectivity index (χ1) is 11.2. The Morgan fingerprint density at radius 2 is 2.00 bits per heavy atom. The minimum atomic E-state index is -0.127. The fraction of sp³-hybridized carbons (Fsp3) is 0.278. The number of nitrogens with zero attached hydrogens (tertiary/aromatic N) is 3. The van der Waals surface area contributed by atoms with Crippen molar-refractivity contribution in [3.63, 3.8) is 0 Å². The average Bonchev–Trinajstić information content (AvgIpc) is 2.99. The molecule has 0 aliphatic heterocycles. The standard InChI is InChI=1S/C18H20N4O/c1-13(2)8-10-20-18(23)15-12-21-22-16(9-11-19-17(15)22)14-6-4-3-5-7-14/h3-7,9,11-13H,8,10H2,1-2H3,(H,20,23). The maximum Gasteiger partial charge on any atom is 0.256 e. The SMILES string of the molecule is CC(C)CCNC(=O)c1cnn2c(-c3ccccc3)ccnc12. The number of carbonyl (C=O) groups is 1. The van der Waals surface area contributed by atoms with Gasteiger partial charge in [0.1, 0.15) is 5.56 Å². The number of nitrogens with one attached hydrogen (secondary N) is 1. The second kappa shape index (κ2) is 6.60. The van der Waals surface area contributed by atoms with Gasteiger partial charge in [0.05, 0.1) is 11.9 Å². The number of fused-ring (bicyclic) bond motifs is 1. The van der Waals surface area contributed by atoms with Gasteiger partial charge >= 0.3 is 0 Å². The van der Waals surface area contributed by atoms with Crippen LogP contribution >= 0.6 is 0 Å². The van der Waals surface area contributed by atoms with E-state index in [9.17, 15) is 4.79 Å². The summed E-state index contributed by atoms with van der Waals surface area (Å²) in [7, 11) is 0. The molecule has 2 aromatic heterocycles. The Labute approximate surface area is 135 Å². The number of carbonyl (C=O) groups excluding carboxylic acids is 1. The van der Waals surface area contributed by atoms with Crippen LogP contribution in [0.5, 0.6) is 0 Å². The van der Waals surface area contributed by atoms with Crippen LogP contribution in [0, 0.1) is 5.92 Å². The van der Waals surface area contributed by atoms with Crippen LogP contribution in [0.4, 0.5) is 0 Å². The van der Waals surface area contributed by atoms with Crippen LogP contribution in [0.15, 0.2) is 48.8 Å². The van der Waals surface area contributed by atoms with Crippen molar-refractivity contribution in [3.05, 3.63) is 54.4 Å². The first-order valence-electron chi connectivity index (χ1n) is 7.83. The molecule has 1 aromatic carbocycles. The summed E-state index contributed by atoms with van der Waals surface area (Å²) in [6.07, 6.45) is 4.25. The second-order valence-electron chi connectivity index (χ2n) is 5.93. The summed E-state index contributed by atoms with van der Waals surface area (Å²) in [6, 6.07) is 11.8. The van der Waals surface area contributed by atoms with Crippen molar-refractivity contribution < 1.29 is 4.79 Å². The molecule has 0 saturated heterocycles. The van der Waals surface area contributed by atoms with E-state index in [1.165, 1.54) is 0 Å². The molecule has 5 heteroatoms. The van der Waals surface area contributed by atoms with Crippen molar-refractivity contribution in [1.29, 1.82) is 0 Å². The molecule has 0 radical (unpaired) electrons. The number of aromatic nitrogens is 3. The lowest BCUT2D eigenvalue weighted by Gasteiger charge is -2.07.